The smallest absolute Gasteiger partial charge is 0.144 e. The number of benzene rings is 1. The summed E-state index contributed by atoms with van der Waals surface area (Å²) in [5.41, 5.74) is 1.39. The van der Waals surface area contributed by atoms with Gasteiger partial charge >= 0.3 is 0 Å². The van der Waals surface area contributed by atoms with Gasteiger partial charge in [-0.2, -0.15) is 0 Å². The highest BCUT2D eigenvalue weighted by atomic mass is 35.5. The molecule has 2 aromatic rings. The molecular formula is C13H16ClFN4. The Hall–Kier alpha value is -1.17. The van der Waals surface area contributed by atoms with Crippen molar-refractivity contribution in [2.24, 2.45) is 0 Å². The van der Waals surface area contributed by atoms with Crippen LogP contribution >= 0.6 is 11.6 Å². The van der Waals surface area contributed by atoms with Crippen LogP contribution in [0, 0.1) is 5.82 Å². The number of nitrogens with one attached hydrogen (secondary N) is 2. The number of fused-ring (bicyclic) bond motifs is 1. The van der Waals surface area contributed by atoms with E-state index in [1.165, 1.54) is 6.07 Å². The van der Waals surface area contributed by atoms with Gasteiger partial charge in [0.05, 0.1) is 22.1 Å². The number of aromatic amines is 1. The van der Waals surface area contributed by atoms with Crippen LogP contribution < -0.4 is 5.32 Å². The lowest BCUT2D eigenvalue weighted by atomic mass is 10.2. The van der Waals surface area contributed by atoms with Crippen molar-refractivity contribution >= 4 is 22.6 Å². The van der Waals surface area contributed by atoms with E-state index in [0.717, 1.165) is 31.9 Å². The molecule has 0 radical (unpaired) electrons. The zero-order chi connectivity index (χ0) is 13.4. The second kappa shape index (κ2) is 5.07. The normalized spacial score (nSPS) is 21.7. The molecule has 1 fully saturated rings. The molecule has 1 atom stereocenters. The second-order valence-electron chi connectivity index (χ2n) is 5.03. The van der Waals surface area contributed by atoms with Gasteiger partial charge in [-0.15, -0.1) is 0 Å². The van der Waals surface area contributed by atoms with E-state index in [1.54, 1.807) is 6.07 Å². The predicted molar refractivity (Wildman–Crippen MR) is 73.9 cm³/mol. The van der Waals surface area contributed by atoms with Crippen LogP contribution in [-0.4, -0.2) is 41.5 Å². The predicted octanol–water partition coefficient (Wildman–Crippen LogP) is 2.32. The van der Waals surface area contributed by atoms with E-state index in [9.17, 15) is 4.39 Å². The van der Waals surface area contributed by atoms with Crippen molar-refractivity contribution in [3.63, 3.8) is 0 Å². The Labute approximate surface area is 116 Å². The molecule has 4 nitrogen and oxygen atoms in total. The molecule has 6 heteroatoms. The molecule has 102 valence electrons. The number of nitrogens with zero attached hydrogens (tertiary/aromatic N) is 2. The van der Waals surface area contributed by atoms with Crippen molar-refractivity contribution in [1.29, 1.82) is 0 Å². The molecule has 2 heterocycles. The highest BCUT2D eigenvalue weighted by molar-refractivity contribution is 6.31. The van der Waals surface area contributed by atoms with Crippen molar-refractivity contribution in [2.75, 3.05) is 26.7 Å². The Morgan fingerprint density at radius 3 is 3.16 bits per heavy atom. The van der Waals surface area contributed by atoms with Crippen LogP contribution in [0.3, 0.4) is 0 Å². The van der Waals surface area contributed by atoms with Gasteiger partial charge in [-0.1, -0.05) is 11.6 Å². The minimum Gasteiger partial charge on any atom is -0.341 e. The maximum atomic E-state index is 13.4. The Kier molecular flexibility index (Phi) is 3.43. The van der Waals surface area contributed by atoms with Gasteiger partial charge in [0.2, 0.25) is 0 Å². The minimum atomic E-state index is -0.421. The molecule has 0 amide bonds. The molecular weight excluding hydrogens is 267 g/mol. The molecule has 1 aromatic heterocycles. The van der Waals surface area contributed by atoms with E-state index < -0.39 is 5.82 Å². The number of hydrogen-bond acceptors (Lipinski definition) is 3. The third kappa shape index (κ3) is 2.59. The summed E-state index contributed by atoms with van der Waals surface area (Å²) in [5.74, 6) is 0.417. The second-order valence-corrected chi connectivity index (χ2v) is 5.44. The van der Waals surface area contributed by atoms with E-state index in [-0.39, 0.29) is 11.1 Å². The summed E-state index contributed by atoms with van der Waals surface area (Å²) in [5, 5.41) is 3.56. The number of imidazole rings is 1. The van der Waals surface area contributed by atoms with Gasteiger partial charge in [0.1, 0.15) is 11.6 Å². The molecule has 2 N–H and O–H groups in total. The summed E-state index contributed by atoms with van der Waals surface area (Å²) < 4.78 is 13.4. The van der Waals surface area contributed by atoms with Crippen LogP contribution in [0.5, 0.6) is 0 Å². The van der Waals surface area contributed by atoms with Crippen LogP contribution in [0.2, 0.25) is 5.02 Å². The largest absolute Gasteiger partial charge is 0.341 e. The molecule has 1 unspecified atom stereocenters. The molecule has 1 aliphatic rings. The number of hydrogen-bond donors (Lipinski definition) is 2. The van der Waals surface area contributed by atoms with E-state index in [4.69, 9.17) is 11.6 Å². The number of halogens is 2. The first kappa shape index (κ1) is 12.8. The van der Waals surface area contributed by atoms with Crippen molar-refractivity contribution < 1.29 is 4.39 Å². The molecule has 0 bridgehead atoms. The lowest BCUT2D eigenvalue weighted by molar-refractivity contribution is 0.322. The fourth-order valence-corrected chi connectivity index (χ4v) is 2.62. The lowest BCUT2D eigenvalue weighted by Crippen LogP contribution is -2.29. The van der Waals surface area contributed by atoms with E-state index >= 15 is 0 Å². The van der Waals surface area contributed by atoms with Crippen LogP contribution in [0.25, 0.3) is 11.0 Å². The average Bonchev–Trinajstić information content (AvgIpc) is 2.63. The fraction of sp³-hybridized carbons (Fsp3) is 0.462. The average molecular weight is 283 g/mol. The maximum Gasteiger partial charge on any atom is 0.144 e. The summed E-state index contributed by atoms with van der Waals surface area (Å²) in [4.78, 5) is 9.97. The third-order valence-electron chi connectivity index (χ3n) is 3.47. The lowest BCUT2D eigenvalue weighted by Gasteiger charge is -2.18. The van der Waals surface area contributed by atoms with Crippen LogP contribution in [0.4, 0.5) is 4.39 Å². The summed E-state index contributed by atoms with van der Waals surface area (Å²) in [6, 6.07) is 3.10. The SMILES string of the molecule is CN1CCCNC(c2nc3cc(Cl)c(F)cc3[nH]2)C1. The van der Waals surface area contributed by atoms with E-state index in [2.05, 4.69) is 27.2 Å². The standard InChI is InChI=1S/C13H16ClFN4/c1-19-4-2-3-16-12(7-19)13-17-10-5-8(14)9(15)6-11(10)18-13/h5-6,12,16H,2-4,7H2,1H3,(H,17,18). The van der Waals surface area contributed by atoms with E-state index in [0.29, 0.717) is 11.0 Å². The van der Waals surface area contributed by atoms with Crippen molar-refractivity contribution in [3.05, 3.63) is 28.8 Å². The number of rotatable bonds is 1. The highest BCUT2D eigenvalue weighted by Gasteiger charge is 2.20. The minimum absolute atomic E-state index is 0.108. The van der Waals surface area contributed by atoms with Gasteiger partial charge in [0.15, 0.2) is 0 Å². The van der Waals surface area contributed by atoms with Gasteiger partial charge in [-0.3, -0.25) is 0 Å². The van der Waals surface area contributed by atoms with Gasteiger partial charge < -0.3 is 15.2 Å². The molecule has 1 aliphatic heterocycles. The molecule has 1 aromatic carbocycles. The first-order valence-corrected chi connectivity index (χ1v) is 6.78. The van der Waals surface area contributed by atoms with Crippen molar-refractivity contribution in [3.8, 4) is 0 Å². The Morgan fingerprint density at radius 1 is 1.47 bits per heavy atom. The van der Waals surface area contributed by atoms with Crippen molar-refractivity contribution in [2.45, 2.75) is 12.5 Å². The topological polar surface area (TPSA) is 44.0 Å². The van der Waals surface area contributed by atoms with Crippen molar-refractivity contribution in [1.82, 2.24) is 20.2 Å². The molecule has 1 saturated heterocycles. The van der Waals surface area contributed by atoms with Gasteiger partial charge in [-0.05, 0) is 32.6 Å². The first-order chi connectivity index (χ1) is 9.13. The van der Waals surface area contributed by atoms with Gasteiger partial charge in [-0.25, -0.2) is 9.37 Å². The zero-order valence-electron chi connectivity index (χ0n) is 10.7. The fourth-order valence-electron chi connectivity index (χ4n) is 2.47. The molecule has 0 aliphatic carbocycles. The molecule has 0 spiro atoms. The molecule has 0 saturated carbocycles. The number of likely N-dealkylation sites (N-methyl/N-ethyl adjacent to an activating group) is 1. The van der Waals surface area contributed by atoms with Gasteiger partial charge in [0.25, 0.3) is 0 Å². The number of H-pyrrole nitrogens is 1. The summed E-state index contributed by atoms with van der Waals surface area (Å²) in [6.07, 6.45) is 1.12. The Balaban J connectivity index is 1.96. The Bertz CT molecular complexity index is 559. The zero-order valence-corrected chi connectivity index (χ0v) is 11.5. The molecule has 3 rings (SSSR count). The van der Waals surface area contributed by atoms with E-state index in [1.807, 2.05) is 0 Å². The van der Waals surface area contributed by atoms with Crippen LogP contribution in [0.1, 0.15) is 18.3 Å². The van der Waals surface area contributed by atoms with Gasteiger partial charge in [0, 0.05) is 12.6 Å². The first-order valence-electron chi connectivity index (χ1n) is 6.40. The highest BCUT2D eigenvalue weighted by Crippen LogP contribution is 2.23. The summed E-state index contributed by atoms with van der Waals surface area (Å²) in [6.45, 7) is 2.92. The third-order valence-corrected chi connectivity index (χ3v) is 3.76. The monoisotopic (exact) mass is 282 g/mol. The maximum absolute atomic E-state index is 13.4. The quantitative estimate of drug-likeness (QED) is 0.844. The summed E-state index contributed by atoms with van der Waals surface area (Å²) in [7, 11) is 2.10. The Morgan fingerprint density at radius 2 is 2.32 bits per heavy atom. The van der Waals surface area contributed by atoms with Crippen LogP contribution in [0.15, 0.2) is 12.1 Å². The summed E-state index contributed by atoms with van der Waals surface area (Å²) >= 11 is 5.78. The molecule has 19 heavy (non-hydrogen) atoms. The van der Waals surface area contributed by atoms with Crippen LogP contribution in [-0.2, 0) is 0 Å². The number of aromatic nitrogens is 2.